The molecule has 1 N–H and O–H groups in total. The highest BCUT2D eigenvalue weighted by atomic mass is 16.4. The summed E-state index contributed by atoms with van der Waals surface area (Å²) < 4.78 is 0. The van der Waals surface area contributed by atoms with Gasteiger partial charge in [0.2, 0.25) is 0 Å². The number of allylic oxidation sites excluding steroid dienone is 5. The van der Waals surface area contributed by atoms with Crippen molar-refractivity contribution in [3.63, 3.8) is 0 Å². The van der Waals surface area contributed by atoms with Crippen LogP contribution >= 0.6 is 0 Å². The van der Waals surface area contributed by atoms with Gasteiger partial charge in [0.15, 0.2) is 0 Å². The molecule has 0 fully saturated rings. The second-order valence-corrected chi connectivity index (χ2v) is 2.85. The highest BCUT2D eigenvalue weighted by molar-refractivity contribution is 5.80. The van der Waals surface area contributed by atoms with Crippen LogP contribution in [-0.4, -0.2) is 11.1 Å². The van der Waals surface area contributed by atoms with Crippen molar-refractivity contribution < 1.29 is 9.90 Å². The van der Waals surface area contributed by atoms with Gasteiger partial charge >= 0.3 is 5.97 Å². The van der Waals surface area contributed by atoms with Crippen molar-refractivity contribution in [2.24, 2.45) is 5.92 Å². The molecule has 1 atom stereocenters. The van der Waals surface area contributed by atoms with Gasteiger partial charge in [-0.2, -0.15) is 0 Å². The lowest BCUT2D eigenvalue weighted by molar-refractivity contribution is -0.131. The summed E-state index contributed by atoms with van der Waals surface area (Å²) in [5.41, 5.74) is 0. The van der Waals surface area contributed by atoms with Crippen molar-refractivity contribution in [2.75, 3.05) is 0 Å². The molecule has 0 aliphatic carbocycles. The van der Waals surface area contributed by atoms with Gasteiger partial charge in [0.05, 0.1) is 0 Å². The Morgan fingerprint density at radius 2 is 1.92 bits per heavy atom. The largest absolute Gasteiger partial charge is 0.478 e. The molecule has 2 nitrogen and oxygen atoms in total. The Morgan fingerprint density at radius 3 is 2.46 bits per heavy atom. The van der Waals surface area contributed by atoms with E-state index in [4.69, 9.17) is 5.11 Å². The van der Waals surface area contributed by atoms with Gasteiger partial charge < -0.3 is 5.11 Å². The maximum absolute atomic E-state index is 10.0. The van der Waals surface area contributed by atoms with E-state index in [-0.39, 0.29) is 0 Å². The lowest BCUT2D eigenvalue weighted by Crippen LogP contribution is -1.84. The van der Waals surface area contributed by atoms with Gasteiger partial charge in [-0.15, -0.1) is 0 Å². The van der Waals surface area contributed by atoms with Crippen LogP contribution in [0.5, 0.6) is 0 Å². The zero-order chi connectivity index (χ0) is 10.1. The summed E-state index contributed by atoms with van der Waals surface area (Å²) in [4.78, 5) is 10.0. The van der Waals surface area contributed by atoms with Crippen LogP contribution < -0.4 is 0 Å². The highest BCUT2D eigenvalue weighted by Crippen LogP contribution is 2.01. The predicted molar refractivity (Wildman–Crippen MR) is 54.5 cm³/mol. The van der Waals surface area contributed by atoms with Crippen LogP contribution in [0.25, 0.3) is 0 Å². The Balaban J connectivity index is 3.75. The second-order valence-electron chi connectivity index (χ2n) is 2.85. The van der Waals surface area contributed by atoms with E-state index in [9.17, 15) is 4.79 Å². The summed E-state index contributed by atoms with van der Waals surface area (Å²) in [6, 6.07) is 0. The minimum Gasteiger partial charge on any atom is -0.478 e. The number of hydrogen-bond donors (Lipinski definition) is 1. The molecule has 0 heterocycles. The van der Waals surface area contributed by atoms with E-state index in [1.165, 1.54) is 6.08 Å². The van der Waals surface area contributed by atoms with Gasteiger partial charge in [-0.05, 0) is 5.92 Å². The van der Waals surface area contributed by atoms with Crippen molar-refractivity contribution in [3.8, 4) is 0 Å². The van der Waals surface area contributed by atoms with E-state index in [1.54, 1.807) is 6.08 Å². The zero-order valence-electron chi connectivity index (χ0n) is 8.10. The van der Waals surface area contributed by atoms with Gasteiger partial charge in [-0.3, -0.25) is 0 Å². The van der Waals surface area contributed by atoms with Crippen molar-refractivity contribution in [1.29, 1.82) is 0 Å². The average molecular weight is 180 g/mol. The predicted octanol–water partition coefficient (Wildman–Crippen LogP) is 2.79. The topological polar surface area (TPSA) is 37.3 Å². The molecule has 0 radical (unpaired) electrons. The summed E-state index contributed by atoms with van der Waals surface area (Å²) in [5, 5.41) is 8.26. The van der Waals surface area contributed by atoms with Crippen molar-refractivity contribution in [1.82, 2.24) is 0 Å². The van der Waals surface area contributed by atoms with E-state index in [0.717, 1.165) is 12.5 Å². The number of carboxylic acid groups (broad SMARTS) is 1. The molecule has 0 amide bonds. The fourth-order valence-corrected chi connectivity index (χ4v) is 0.656. The zero-order valence-corrected chi connectivity index (χ0v) is 8.10. The average Bonchev–Trinajstić information content (AvgIpc) is 2.10. The molecule has 0 saturated carbocycles. The number of rotatable bonds is 5. The molecule has 2 heteroatoms. The van der Waals surface area contributed by atoms with E-state index >= 15 is 0 Å². The quantitative estimate of drug-likeness (QED) is 0.521. The Morgan fingerprint density at radius 1 is 1.31 bits per heavy atom. The fraction of sp³-hybridized carbons (Fsp3) is 0.364. The third kappa shape index (κ3) is 8.60. The molecule has 0 aliphatic heterocycles. The van der Waals surface area contributed by atoms with Crippen LogP contribution in [0.2, 0.25) is 0 Å². The van der Waals surface area contributed by atoms with Crippen LogP contribution in [0, 0.1) is 5.92 Å². The van der Waals surface area contributed by atoms with Crippen LogP contribution in [0.15, 0.2) is 36.5 Å². The third-order valence-corrected chi connectivity index (χ3v) is 1.66. The highest BCUT2D eigenvalue weighted by Gasteiger charge is 1.87. The van der Waals surface area contributed by atoms with Crippen LogP contribution in [0.3, 0.4) is 0 Å². The monoisotopic (exact) mass is 180 g/mol. The molecule has 0 aromatic heterocycles. The summed E-state index contributed by atoms with van der Waals surface area (Å²) in [6.45, 7) is 4.26. The molecule has 13 heavy (non-hydrogen) atoms. The van der Waals surface area contributed by atoms with E-state index in [0.29, 0.717) is 5.92 Å². The SMILES string of the molecule is CCC(C)/C=C/C=C/C=C/C(=O)O. The van der Waals surface area contributed by atoms with Gasteiger partial charge in [0.1, 0.15) is 0 Å². The smallest absolute Gasteiger partial charge is 0.328 e. The first-order chi connectivity index (χ1) is 6.16. The van der Waals surface area contributed by atoms with Gasteiger partial charge in [0, 0.05) is 6.08 Å². The minimum atomic E-state index is -0.921. The molecule has 1 unspecified atom stereocenters. The number of hydrogen-bond acceptors (Lipinski definition) is 1. The lowest BCUT2D eigenvalue weighted by atomic mass is 10.1. The normalized spacial score (nSPS) is 14.6. The molecular weight excluding hydrogens is 164 g/mol. The van der Waals surface area contributed by atoms with Crippen LogP contribution in [-0.2, 0) is 4.79 Å². The maximum atomic E-state index is 10.0. The molecule has 0 aromatic carbocycles. The van der Waals surface area contributed by atoms with Gasteiger partial charge in [-0.1, -0.05) is 50.6 Å². The van der Waals surface area contributed by atoms with E-state index in [1.807, 2.05) is 12.2 Å². The summed E-state index contributed by atoms with van der Waals surface area (Å²) in [6.07, 6.45) is 11.3. The van der Waals surface area contributed by atoms with Gasteiger partial charge in [0.25, 0.3) is 0 Å². The molecule has 0 saturated heterocycles. The minimum absolute atomic E-state index is 0.577. The Labute approximate surface area is 79.3 Å². The first-order valence-corrected chi connectivity index (χ1v) is 4.41. The van der Waals surface area contributed by atoms with E-state index in [2.05, 4.69) is 19.9 Å². The van der Waals surface area contributed by atoms with E-state index < -0.39 is 5.97 Å². The van der Waals surface area contributed by atoms with Crippen LogP contribution in [0.1, 0.15) is 20.3 Å². The molecule has 0 aliphatic rings. The van der Waals surface area contributed by atoms with Crippen molar-refractivity contribution in [3.05, 3.63) is 36.5 Å². The van der Waals surface area contributed by atoms with Crippen LogP contribution in [0.4, 0.5) is 0 Å². The van der Waals surface area contributed by atoms with Gasteiger partial charge in [-0.25, -0.2) is 4.79 Å². The van der Waals surface area contributed by atoms with Crippen molar-refractivity contribution in [2.45, 2.75) is 20.3 Å². The number of carbonyl (C=O) groups is 1. The summed E-state index contributed by atoms with van der Waals surface area (Å²) in [7, 11) is 0. The molecule has 0 aromatic rings. The Hall–Kier alpha value is -1.31. The number of carboxylic acids is 1. The standard InChI is InChI=1S/C11H16O2/c1-3-10(2)8-6-4-5-7-9-11(12)13/h4-10H,3H2,1-2H3,(H,12,13)/b5-4+,8-6+,9-7+. The molecule has 0 bridgehead atoms. The second kappa shape index (κ2) is 7.35. The van der Waals surface area contributed by atoms with Crippen molar-refractivity contribution >= 4 is 5.97 Å². The molecule has 0 spiro atoms. The molecular formula is C11H16O2. The number of aliphatic carboxylic acids is 1. The Kier molecular flexibility index (Phi) is 6.60. The molecule has 72 valence electrons. The summed E-state index contributed by atoms with van der Waals surface area (Å²) >= 11 is 0. The first kappa shape index (κ1) is 11.7. The molecule has 0 rings (SSSR count). The summed E-state index contributed by atoms with van der Waals surface area (Å²) in [5.74, 6) is -0.344. The third-order valence-electron chi connectivity index (χ3n) is 1.66. The fourth-order valence-electron chi connectivity index (χ4n) is 0.656. The maximum Gasteiger partial charge on any atom is 0.328 e. The lowest BCUT2D eigenvalue weighted by Gasteiger charge is -1.96. The Bertz CT molecular complexity index is 224. The first-order valence-electron chi connectivity index (χ1n) is 4.41.